The summed E-state index contributed by atoms with van der Waals surface area (Å²) >= 11 is 0. The van der Waals surface area contributed by atoms with E-state index in [9.17, 15) is 4.79 Å². The highest BCUT2D eigenvalue weighted by atomic mass is 16.2. The van der Waals surface area contributed by atoms with Crippen LogP contribution < -0.4 is 5.32 Å². The Morgan fingerprint density at radius 3 is 1.88 bits per heavy atom. The molecule has 162 valence electrons. The number of nitrogens with zero attached hydrogens (tertiary/aromatic N) is 1. The molecule has 1 amide bonds. The SMILES string of the molecule is O=C(N[C@H](Cc1ccccc1)c1nc2ccccc2[nH]1)C(c1ccccc1)c1ccccc1. The molecule has 0 unspecified atom stereocenters. The number of carbonyl (C=O) groups is 1. The molecule has 4 heteroatoms. The lowest BCUT2D eigenvalue weighted by Crippen LogP contribution is -2.35. The van der Waals surface area contributed by atoms with Crippen LogP contribution in [0.2, 0.25) is 0 Å². The van der Waals surface area contributed by atoms with E-state index >= 15 is 0 Å². The van der Waals surface area contributed by atoms with Gasteiger partial charge < -0.3 is 10.3 Å². The van der Waals surface area contributed by atoms with Gasteiger partial charge in [0.25, 0.3) is 0 Å². The van der Waals surface area contributed by atoms with Crippen molar-refractivity contribution in [1.29, 1.82) is 0 Å². The number of imidazole rings is 1. The van der Waals surface area contributed by atoms with Crippen LogP contribution in [0.25, 0.3) is 11.0 Å². The summed E-state index contributed by atoms with van der Waals surface area (Å²) in [4.78, 5) is 22.0. The molecule has 0 aliphatic carbocycles. The lowest BCUT2D eigenvalue weighted by molar-refractivity contribution is -0.122. The van der Waals surface area contributed by atoms with E-state index in [1.165, 1.54) is 0 Å². The van der Waals surface area contributed by atoms with E-state index in [0.29, 0.717) is 6.42 Å². The van der Waals surface area contributed by atoms with E-state index in [2.05, 4.69) is 22.4 Å². The predicted octanol–water partition coefficient (Wildman–Crippen LogP) is 5.80. The van der Waals surface area contributed by atoms with Gasteiger partial charge in [0, 0.05) is 0 Å². The standard InChI is InChI=1S/C29H25N3O/c33-29(27(22-14-6-2-7-15-22)23-16-8-3-9-17-23)32-26(20-21-12-4-1-5-13-21)28-30-24-18-10-11-19-25(24)31-28/h1-19,26-27H,20H2,(H,30,31)(H,32,33)/t26-/m1/s1. The molecule has 4 nitrogen and oxygen atoms in total. The summed E-state index contributed by atoms with van der Waals surface area (Å²) in [5.41, 5.74) is 4.91. The summed E-state index contributed by atoms with van der Waals surface area (Å²) < 4.78 is 0. The van der Waals surface area contributed by atoms with Crippen molar-refractivity contribution in [1.82, 2.24) is 15.3 Å². The number of hydrogen-bond donors (Lipinski definition) is 2. The molecular formula is C29H25N3O. The molecule has 2 N–H and O–H groups in total. The fourth-order valence-corrected chi connectivity index (χ4v) is 4.24. The van der Waals surface area contributed by atoms with Crippen LogP contribution in [0.4, 0.5) is 0 Å². The number of nitrogens with one attached hydrogen (secondary N) is 2. The van der Waals surface area contributed by atoms with Crippen LogP contribution in [0.15, 0.2) is 115 Å². The van der Waals surface area contributed by atoms with Crippen molar-refractivity contribution in [3.05, 3.63) is 138 Å². The molecule has 0 aliphatic heterocycles. The fourth-order valence-electron chi connectivity index (χ4n) is 4.24. The van der Waals surface area contributed by atoms with E-state index in [0.717, 1.165) is 33.5 Å². The molecule has 1 atom stereocenters. The van der Waals surface area contributed by atoms with Gasteiger partial charge in [0.15, 0.2) is 0 Å². The average Bonchev–Trinajstić information content (AvgIpc) is 3.30. The highest BCUT2D eigenvalue weighted by Gasteiger charge is 2.27. The second-order valence-corrected chi connectivity index (χ2v) is 8.14. The molecule has 5 aromatic rings. The Kier molecular flexibility index (Phi) is 5.98. The Hall–Kier alpha value is -4.18. The molecule has 1 heterocycles. The van der Waals surface area contributed by atoms with Crippen LogP contribution in [-0.4, -0.2) is 15.9 Å². The van der Waals surface area contributed by atoms with E-state index in [-0.39, 0.29) is 11.9 Å². The number of benzene rings is 4. The summed E-state index contributed by atoms with van der Waals surface area (Å²) in [7, 11) is 0. The zero-order chi connectivity index (χ0) is 22.5. The predicted molar refractivity (Wildman–Crippen MR) is 132 cm³/mol. The van der Waals surface area contributed by atoms with E-state index in [1.54, 1.807) is 0 Å². The van der Waals surface area contributed by atoms with Gasteiger partial charge in [-0.25, -0.2) is 4.98 Å². The molecule has 1 aromatic heterocycles. The number of aromatic amines is 1. The van der Waals surface area contributed by atoms with Crippen molar-refractivity contribution in [2.75, 3.05) is 0 Å². The second-order valence-electron chi connectivity index (χ2n) is 8.14. The Bertz CT molecular complexity index is 1260. The maximum Gasteiger partial charge on any atom is 0.232 e. The summed E-state index contributed by atoms with van der Waals surface area (Å²) in [5, 5.41) is 3.31. The molecule has 0 aliphatic rings. The Labute approximate surface area is 193 Å². The Morgan fingerprint density at radius 1 is 0.727 bits per heavy atom. The molecule has 0 fully saturated rings. The Morgan fingerprint density at radius 2 is 1.27 bits per heavy atom. The Balaban J connectivity index is 1.51. The molecule has 0 bridgehead atoms. The first-order valence-electron chi connectivity index (χ1n) is 11.2. The van der Waals surface area contributed by atoms with Gasteiger partial charge >= 0.3 is 0 Å². The molecule has 0 saturated heterocycles. The van der Waals surface area contributed by atoms with Crippen LogP contribution in [-0.2, 0) is 11.2 Å². The lowest BCUT2D eigenvalue weighted by atomic mass is 9.90. The fraction of sp³-hybridized carbons (Fsp3) is 0.103. The summed E-state index contributed by atoms with van der Waals surface area (Å²) in [6.45, 7) is 0. The molecule has 0 spiro atoms. The third-order valence-electron chi connectivity index (χ3n) is 5.86. The average molecular weight is 432 g/mol. The molecule has 4 aromatic carbocycles. The first-order valence-corrected chi connectivity index (χ1v) is 11.2. The molecule has 0 saturated carbocycles. The topological polar surface area (TPSA) is 57.8 Å². The van der Waals surface area contributed by atoms with Crippen molar-refractivity contribution in [2.45, 2.75) is 18.4 Å². The maximum absolute atomic E-state index is 13.8. The van der Waals surface area contributed by atoms with Gasteiger partial charge in [-0.05, 0) is 35.2 Å². The lowest BCUT2D eigenvalue weighted by Gasteiger charge is -2.22. The van der Waals surface area contributed by atoms with Crippen molar-refractivity contribution in [3.8, 4) is 0 Å². The van der Waals surface area contributed by atoms with Gasteiger partial charge in [-0.1, -0.05) is 103 Å². The summed E-state index contributed by atoms with van der Waals surface area (Å²) in [6.07, 6.45) is 0.642. The number of rotatable bonds is 7. The molecule has 0 radical (unpaired) electrons. The maximum atomic E-state index is 13.8. The first-order chi connectivity index (χ1) is 16.3. The van der Waals surface area contributed by atoms with Gasteiger partial charge in [0.1, 0.15) is 5.82 Å². The molecule has 33 heavy (non-hydrogen) atoms. The smallest absolute Gasteiger partial charge is 0.232 e. The largest absolute Gasteiger partial charge is 0.345 e. The van der Waals surface area contributed by atoms with Crippen molar-refractivity contribution in [2.24, 2.45) is 0 Å². The third kappa shape index (κ3) is 4.70. The number of para-hydroxylation sites is 2. The van der Waals surface area contributed by atoms with Crippen LogP contribution >= 0.6 is 0 Å². The van der Waals surface area contributed by atoms with Crippen molar-refractivity contribution in [3.63, 3.8) is 0 Å². The number of hydrogen-bond acceptors (Lipinski definition) is 2. The van der Waals surface area contributed by atoms with E-state index < -0.39 is 5.92 Å². The normalized spacial score (nSPS) is 12.0. The van der Waals surface area contributed by atoms with E-state index in [1.807, 2.05) is 103 Å². The first kappa shape index (κ1) is 20.7. The zero-order valence-electron chi connectivity index (χ0n) is 18.2. The third-order valence-corrected chi connectivity index (χ3v) is 5.86. The number of carbonyl (C=O) groups excluding carboxylic acids is 1. The quantitative estimate of drug-likeness (QED) is 0.342. The van der Waals surface area contributed by atoms with Gasteiger partial charge in [0.2, 0.25) is 5.91 Å². The van der Waals surface area contributed by atoms with Crippen molar-refractivity contribution >= 4 is 16.9 Å². The van der Waals surface area contributed by atoms with Gasteiger partial charge in [-0.2, -0.15) is 0 Å². The minimum Gasteiger partial charge on any atom is -0.345 e. The molecular weight excluding hydrogens is 406 g/mol. The highest BCUT2D eigenvalue weighted by molar-refractivity contribution is 5.87. The molecule has 5 rings (SSSR count). The highest BCUT2D eigenvalue weighted by Crippen LogP contribution is 2.27. The number of aromatic nitrogens is 2. The van der Waals surface area contributed by atoms with Crippen LogP contribution in [0.5, 0.6) is 0 Å². The number of H-pyrrole nitrogens is 1. The second kappa shape index (κ2) is 9.53. The van der Waals surface area contributed by atoms with Gasteiger partial charge in [-0.3, -0.25) is 4.79 Å². The summed E-state index contributed by atoms with van der Waals surface area (Å²) in [6, 6.07) is 37.7. The number of fused-ring (bicyclic) bond motifs is 1. The van der Waals surface area contributed by atoms with Crippen molar-refractivity contribution < 1.29 is 4.79 Å². The monoisotopic (exact) mass is 431 g/mol. The van der Waals surface area contributed by atoms with Gasteiger partial charge in [0.05, 0.1) is 23.0 Å². The van der Waals surface area contributed by atoms with Gasteiger partial charge in [-0.15, -0.1) is 0 Å². The minimum atomic E-state index is -0.407. The van der Waals surface area contributed by atoms with Crippen LogP contribution in [0, 0.1) is 0 Å². The van der Waals surface area contributed by atoms with Crippen LogP contribution in [0.1, 0.15) is 34.5 Å². The number of amides is 1. The van der Waals surface area contributed by atoms with E-state index in [4.69, 9.17) is 4.98 Å². The summed E-state index contributed by atoms with van der Waals surface area (Å²) in [5.74, 6) is 0.303. The van der Waals surface area contributed by atoms with Crippen LogP contribution in [0.3, 0.4) is 0 Å². The zero-order valence-corrected chi connectivity index (χ0v) is 18.2. The minimum absolute atomic E-state index is 0.0474.